The van der Waals surface area contributed by atoms with Crippen molar-refractivity contribution in [3.05, 3.63) is 0 Å². The lowest BCUT2D eigenvalue weighted by Gasteiger charge is -2.56. The lowest BCUT2D eigenvalue weighted by molar-refractivity contribution is -0.148. The van der Waals surface area contributed by atoms with Gasteiger partial charge in [0.25, 0.3) is 0 Å². The quantitative estimate of drug-likeness (QED) is 0.653. The predicted molar refractivity (Wildman–Crippen MR) is 70.2 cm³/mol. The van der Waals surface area contributed by atoms with Crippen molar-refractivity contribution in [2.24, 2.45) is 11.8 Å². The Balaban J connectivity index is 1.59. The van der Waals surface area contributed by atoms with E-state index in [1.165, 1.54) is 45.2 Å². The van der Waals surface area contributed by atoms with Crippen LogP contribution < -0.4 is 0 Å². The molecule has 0 radical (unpaired) electrons. The van der Waals surface area contributed by atoms with Gasteiger partial charge in [-0.15, -0.1) is 0 Å². The molecule has 4 rings (SSSR count). The van der Waals surface area contributed by atoms with Crippen molar-refractivity contribution in [2.45, 2.75) is 57.0 Å². The Morgan fingerprint density at radius 3 is 2.72 bits per heavy atom. The summed E-state index contributed by atoms with van der Waals surface area (Å²) in [7, 11) is 0. The van der Waals surface area contributed by atoms with Gasteiger partial charge < -0.3 is 4.90 Å². The fraction of sp³-hybridized carbons (Fsp3) is 0.933. The second-order valence-corrected chi connectivity index (χ2v) is 6.82. The molecule has 4 aliphatic rings. The van der Waals surface area contributed by atoms with E-state index in [2.05, 4.69) is 9.80 Å². The van der Waals surface area contributed by atoms with Crippen LogP contribution in [0.1, 0.15) is 44.9 Å². The third kappa shape index (κ3) is 1.63. The van der Waals surface area contributed by atoms with Crippen LogP contribution >= 0.6 is 0 Å². The van der Waals surface area contributed by atoms with E-state index in [1.54, 1.807) is 0 Å². The van der Waals surface area contributed by atoms with E-state index < -0.39 is 0 Å². The molecule has 1 amide bonds. The molecule has 4 aliphatic heterocycles. The standard InChI is InChI=1S/C15H24N2O/c18-15-6-3-5-14-11-8-12(10-17(14)15)13-4-1-2-7-16(13)9-11/h11-14H,1-10H2/t11-,12-,13-,14?/m0/s1. The van der Waals surface area contributed by atoms with Gasteiger partial charge in [0.2, 0.25) is 5.91 Å². The van der Waals surface area contributed by atoms with Gasteiger partial charge in [-0.3, -0.25) is 9.69 Å². The summed E-state index contributed by atoms with van der Waals surface area (Å²) >= 11 is 0. The van der Waals surface area contributed by atoms with E-state index in [4.69, 9.17) is 0 Å². The monoisotopic (exact) mass is 248 g/mol. The predicted octanol–water partition coefficient (Wildman–Crippen LogP) is 1.87. The third-order valence-electron chi connectivity index (χ3n) is 5.87. The van der Waals surface area contributed by atoms with Crippen molar-refractivity contribution < 1.29 is 4.79 Å². The molecule has 0 N–H and O–H groups in total. The smallest absolute Gasteiger partial charge is 0.222 e. The first kappa shape index (κ1) is 11.3. The Morgan fingerprint density at radius 2 is 1.78 bits per heavy atom. The highest BCUT2D eigenvalue weighted by molar-refractivity contribution is 5.77. The maximum atomic E-state index is 12.1. The number of carbonyl (C=O) groups excluding carboxylic acids is 1. The van der Waals surface area contributed by atoms with Crippen LogP contribution in [0.4, 0.5) is 0 Å². The Morgan fingerprint density at radius 1 is 0.944 bits per heavy atom. The van der Waals surface area contributed by atoms with Crippen molar-refractivity contribution in [2.75, 3.05) is 19.6 Å². The second kappa shape index (κ2) is 4.22. The summed E-state index contributed by atoms with van der Waals surface area (Å²) in [4.78, 5) is 17.2. The largest absolute Gasteiger partial charge is 0.339 e. The maximum Gasteiger partial charge on any atom is 0.222 e. The Labute approximate surface area is 110 Å². The van der Waals surface area contributed by atoms with Crippen LogP contribution in [0.5, 0.6) is 0 Å². The van der Waals surface area contributed by atoms with Gasteiger partial charge in [-0.25, -0.2) is 0 Å². The molecule has 2 bridgehead atoms. The molecule has 3 heteroatoms. The molecule has 0 aromatic rings. The average Bonchev–Trinajstić information content (AvgIpc) is 2.40. The molecular formula is C15H24N2O. The molecule has 4 saturated heterocycles. The molecule has 100 valence electrons. The Kier molecular flexibility index (Phi) is 2.65. The number of hydrogen-bond donors (Lipinski definition) is 0. The number of rotatable bonds is 0. The Bertz CT molecular complexity index is 356. The number of hydrogen-bond acceptors (Lipinski definition) is 2. The van der Waals surface area contributed by atoms with E-state index in [1.807, 2.05) is 0 Å². The minimum Gasteiger partial charge on any atom is -0.339 e. The van der Waals surface area contributed by atoms with Crippen LogP contribution in [0.25, 0.3) is 0 Å². The number of amides is 1. The maximum absolute atomic E-state index is 12.1. The van der Waals surface area contributed by atoms with Crippen LogP contribution in [0, 0.1) is 11.8 Å². The van der Waals surface area contributed by atoms with Crippen LogP contribution in [0.2, 0.25) is 0 Å². The van der Waals surface area contributed by atoms with Crippen molar-refractivity contribution in [1.82, 2.24) is 9.80 Å². The van der Waals surface area contributed by atoms with Gasteiger partial charge in [-0.2, -0.15) is 0 Å². The number of nitrogens with zero attached hydrogens (tertiary/aromatic N) is 2. The zero-order valence-corrected chi connectivity index (χ0v) is 11.2. The van der Waals surface area contributed by atoms with Gasteiger partial charge in [0.1, 0.15) is 0 Å². The molecule has 4 heterocycles. The minimum atomic E-state index is 0.449. The van der Waals surface area contributed by atoms with E-state index in [0.717, 1.165) is 37.3 Å². The van der Waals surface area contributed by atoms with E-state index in [-0.39, 0.29) is 0 Å². The topological polar surface area (TPSA) is 23.6 Å². The molecule has 0 aromatic heterocycles. The van der Waals surface area contributed by atoms with Crippen LogP contribution in [0.15, 0.2) is 0 Å². The zero-order chi connectivity index (χ0) is 12.1. The van der Waals surface area contributed by atoms with Crippen LogP contribution in [-0.2, 0) is 4.79 Å². The van der Waals surface area contributed by atoms with Gasteiger partial charge in [0.15, 0.2) is 0 Å². The van der Waals surface area contributed by atoms with Crippen molar-refractivity contribution >= 4 is 5.91 Å². The highest BCUT2D eigenvalue weighted by atomic mass is 16.2. The summed E-state index contributed by atoms with van der Waals surface area (Å²) < 4.78 is 0. The van der Waals surface area contributed by atoms with Crippen molar-refractivity contribution in [1.29, 1.82) is 0 Å². The first-order valence-electron chi connectivity index (χ1n) is 7.86. The summed E-state index contributed by atoms with van der Waals surface area (Å²) in [6, 6.07) is 1.39. The minimum absolute atomic E-state index is 0.449. The molecule has 0 aromatic carbocycles. The zero-order valence-electron chi connectivity index (χ0n) is 11.2. The van der Waals surface area contributed by atoms with Crippen molar-refractivity contribution in [3.8, 4) is 0 Å². The van der Waals surface area contributed by atoms with Crippen LogP contribution in [-0.4, -0.2) is 47.4 Å². The fourth-order valence-corrected chi connectivity index (χ4v) is 5.10. The molecule has 0 spiro atoms. The van der Waals surface area contributed by atoms with Gasteiger partial charge in [0, 0.05) is 31.6 Å². The molecule has 0 saturated carbocycles. The van der Waals surface area contributed by atoms with E-state index >= 15 is 0 Å². The molecule has 3 nitrogen and oxygen atoms in total. The summed E-state index contributed by atoms with van der Waals surface area (Å²) in [6.07, 6.45) is 8.78. The first-order chi connectivity index (χ1) is 8.83. The summed E-state index contributed by atoms with van der Waals surface area (Å²) in [5, 5.41) is 0. The summed E-state index contributed by atoms with van der Waals surface area (Å²) in [6.45, 7) is 3.66. The molecular weight excluding hydrogens is 224 g/mol. The molecule has 4 fully saturated rings. The molecule has 0 aliphatic carbocycles. The normalized spacial score (nSPS) is 44.4. The lowest BCUT2D eigenvalue weighted by Crippen LogP contribution is -2.64. The van der Waals surface area contributed by atoms with Gasteiger partial charge in [0.05, 0.1) is 0 Å². The molecule has 18 heavy (non-hydrogen) atoms. The SMILES string of the molecule is O=C1CCCC2[C@H]3C[C@@H](CN12)[C@@H]1CCCCN1C3. The highest BCUT2D eigenvalue weighted by Crippen LogP contribution is 2.42. The van der Waals surface area contributed by atoms with Gasteiger partial charge >= 0.3 is 0 Å². The number of carbonyl (C=O) groups is 1. The van der Waals surface area contributed by atoms with E-state index in [0.29, 0.717) is 11.9 Å². The second-order valence-electron chi connectivity index (χ2n) is 6.82. The molecule has 1 unspecified atom stereocenters. The van der Waals surface area contributed by atoms with Crippen LogP contribution in [0.3, 0.4) is 0 Å². The highest BCUT2D eigenvalue weighted by Gasteiger charge is 2.47. The van der Waals surface area contributed by atoms with Crippen molar-refractivity contribution in [3.63, 3.8) is 0 Å². The van der Waals surface area contributed by atoms with Gasteiger partial charge in [-0.1, -0.05) is 6.42 Å². The van der Waals surface area contributed by atoms with E-state index in [9.17, 15) is 4.79 Å². The number of fused-ring (bicyclic) bond motifs is 6. The average molecular weight is 248 g/mol. The third-order valence-corrected chi connectivity index (χ3v) is 5.87. The fourth-order valence-electron chi connectivity index (χ4n) is 5.10. The lowest BCUT2D eigenvalue weighted by atomic mass is 9.71. The summed E-state index contributed by atoms with van der Waals surface area (Å²) in [5.41, 5.74) is 0. The summed E-state index contributed by atoms with van der Waals surface area (Å²) in [5.74, 6) is 2.01. The number of piperidine rings is 4. The first-order valence-corrected chi connectivity index (χ1v) is 7.86. The molecule has 4 atom stereocenters. The van der Waals surface area contributed by atoms with Gasteiger partial charge in [-0.05, 0) is 50.5 Å². The Hall–Kier alpha value is -0.570.